The Hall–Kier alpha value is -0.860. The second-order valence-corrected chi connectivity index (χ2v) is 5.93. The van der Waals surface area contributed by atoms with Gasteiger partial charge in [0, 0.05) is 19.1 Å². The lowest BCUT2D eigenvalue weighted by Gasteiger charge is -2.35. The van der Waals surface area contributed by atoms with Gasteiger partial charge in [-0.3, -0.25) is 4.90 Å². The van der Waals surface area contributed by atoms with Crippen molar-refractivity contribution in [1.82, 2.24) is 4.90 Å². The molecule has 0 saturated carbocycles. The van der Waals surface area contributed by atoms with E-state index in [0.717, 1.165) is 13.1 Å². The lowest BCUT2D eigenvalue weighted by atomic mass is 9.91. The van der Waals surface area contributed by atoms with Crippen LogP contribution in [0.3, 0.4) is 0 Å². The Labute approximate surface area is 111 Å². The molecule has 1 saturated heterocycles. The third-order valence-electron chi connectivity index (χ3n) is 4.18. The predicted octanol–water partition coefficient (Wildman–Crippen LogP) is 2.86. The molecule has 1 aliphatic rings. The van der Waals surface area contributed by atoms with Gasteiger partial charge in [-0.15, -0.1) is 0 Å². The Balaban J connectivity index is 2.02. The highest BCUT2D eigenvalue weighted by atomic mass is 15.1. The molecule has 0 spiro atoms. The lowest BCUT2D eigenvalue weighted by molar-refractivity contribution is 0.154. The minimum absolute atomic E-state index is 0.325. The number of likely N-dealkylation sites (tertiary alicyclic amines) is 1. The van der Waals surface area contributed by atoms with E-state index in [2.05, 4.69) is 43.9 Å². The Morgan fingerprint density at radius 2 is 2.17 bits per heavy atom. The molecule has 0 amide bonds. The molecule has 0 aliphatic carbocycles. The quantitative estimate of drug-likeness (QED) is 0.888. The summed E-state index contributed by atoms with van der Waals surface area (Å²) in [5, 5.41) is 0. The van der Waals surface area contributed by atoms with Gasteiger partial charge in [-0.1, -0.05) is 23.8 Å². The Morgan fingerprint density at radius 1 is 1.39 bits per heavy atom. The molecule has 2 heteroatoms. The summed E-state index contributed by atoms with van der Waals surface area (Å²) in [7, 11) is 0. The van der Waals surface area contributed by atoms with E-state index in [1.165, 1.54) is 36.1 Å². The van der Waals surface area contributed by atoms with E-state index >= 15 is 0 Å². The van der Waals surface area contributed by atoms with Crippen LogP contribution in [-0.4, -0.2) is 24.0 Å². The Morgan fingerprint density at radius 3 is 2.89 bits per heavy atom. The number of aryl methyl sites for hydroxylation is 2. The van der Waals surface area contributed by atoms with Gasteiger partial charge in [0.1, 0.15) is 0 Å². The number of benzene rings is 1. The summed E-state index contributed by atoms with van der Waals surface area (Å²) in [5.74, 6) is 0.670. The Kier molecular flexibility index (Phi) is 4.41. The van der Waals surface area contributed by atoms with Gasteiger partial charge in [-0.25, -0.2) is 0 Å². The van der Waals surface area contributed by atoms with Gasteiger partial charge < -0.3 is 5.73 Å². The molecule has 100 valence electrons. The van der Waals surface area contributed by atoms with Gasteiger partial charge in [-0.05, 0) is 57.2 Å². The van der Waals surface area contributed by atoms with Crippen LogP contribution >= 0.6 is 0 Å². The number of hydrogen-bond acceptors (Lipinski definition) is 2. The summed E-state index contributed by atoms with van der Waals surface area (Å²) in [4.78, 5) is 2.57. The number of rotatable bonds is 3. The second kappa shape index (κ2) is 5.85. The van der Waals surface area contributed by atoms with Crippen molar-refractivity contribution in [1.29, 1.82) is 0 Å². The average Bonchev–Trinajstić information content (AvgIpc) is 2.34. The largest absolute Gasteiger partial charge is 0.328 e. The highest BCUT2D eigenvalue weighted by Gasteiger charge is 2.22. The van der Waals surface area contributed by atoms with Crippen molar-refractivity contribution in [3.8, 4) is 0 Å². The summed E-state index contributed by atoms with van der Waals surface area (Å²) in [6, 6.07) is 7.08. The maximum Gasteiger partial charge on any atom is 0.0236 e. The maximum absolute atomic E-state index is 6.05. The van der Waals surface area contributed by atoms with Gasteiger partial charge in [0.15, 0.2) is 0 Å². The summed E-state index contributed by atoms with van der Waals surface area (Å²) >= 11 is 0. The SMILES string of the molecule is Cc1ccc(C)c(CN2CCCC(C(C)N)C2)c1. The summed E-state index contributed by atoms with van der Waals surface area (Å²) in [5.41, 5.74) is 10.3. The molecular formula is C16H26N2. The van der Waals surface area contributed by atoms with E-state index in [9.17, 15) is 0 Å². The molecule has 0 radical (unpaired) electrons. The van der Waals surface area contributed by atoms with Gasteiger partial charge in [0.2, 0.25) is 0 Å². The molecule has 2 nitrogen and oxygen atoms in total. The van der Waals surface area contributed by atoms with Crippen LogP contribution in [0.2, 0.25) is 0 Å². The molecule has 18 heavy (non-hydrogen) atoms. The highest BCUT2D eigenvalue weighted by Crippen LogP contribution is 2.21. The zero-order valence-corrected chi connectivity index (χ0v) is 11.9. The highest BCUT2D eigenvalue weighted by molar-refractivity contribution is 5.30. The van der Waals surface area contributed by atoms with E-state index in [4.69, 9.17) is 5.73 Å². The van der Waals surface area contributed by atoms with Crippen LogP contribution in [0, 0.1) is 19.8 Å². The first kappa shape index (κ1) is 13.6. The zero-order chi connectivity index (χ0) is 13.1. The zero-order valence-electron chi connectivity index (χ0n) is 11.9. The first-order valence-electron chi connectivity index (χ1n) is 7.10. The van der Waals surface area contributed by atoms with E-state index in [0.29, 0.717) is 12.0 Å². The number of nitrogens with zero attached hydrogens (tertiary/aromatic N) is 1. The fourth-order valence-electron chi connectivity index (χ4n) is 2.88. The van der Waals surface area contributed by atoms with Crippen molar-refractivity contribution < 1.29 is 0 Å². The minimum atomic E-state index is 0.325. The number of hydrogen-bond donors (Lipinski definition) is 1. The topological polar surface area (TPSA) is 29.3 Å². The molecule has 0 bridgehead atoms. The number of piperidine rings is 1. The fourth-order valence-corrected chi connectivity index (χ4v) is 2.88. The fraction of sp³-hybridized carbons (Fsp3) is 0.625. The normalized spacial score (nSPS) is 23.0. The Bertz CT molecular complexity index is 398. The minimum Gasteiger partial charge on any atom is -0.328 e. The van der Waals surface area contributed by atoms with Crippen molar-refractivity contribution in [3.63, 3.8) is 0 Å². The van der Waals surface area contributed by atoms with Gasteiger partial charge in [0.25, 0.3) is 0 Å². The van der Waals surface area contributed by atoms with Crippen molar-refractivity contribution in [2.75, 3.05) is 13.1 Å². The summed E-state index contributed by atoms with van der Waals surface area (Å²) in [6.45, 7) is 9.98. The standard InChI is InChI=1S/C16H26N2/c1-12-6-7-13(2)16(9-12)11-18-8-4-5-15(10-18)14(3)17/h6-7,9,14-15H,4-5,8,10-11,17H2,1-3H3. The van der Waals surface area contributed by atoms with Gasteiger partial charge in [0.05, 0.1) is 0 Å². The van der Waals surface area contributed by atoms with Crippen LogP contribution < -0.4 is 5.73 Å². The van der Waals surface area contributed by atoms with Crippen LogP contribution in [0.25, 0.3) is 0 Å². The molecule has 2 unspecified atom stereocenters. The van der Waals surface area contributed by atoms with Gasteiger partial charge >= 0.3 is 0 Å². The third-order valence-corrected chi connectivity index (χ3v) is 4.18. The predicted molar refractivity (Wildman–Crippen MR) is 77.6 cm³/mol. The summed E-state index contributed by atoms with van der Waals surface area (Å²) in [6.07, 6.45) is 2.58. The van der Waals surface area contributed by atoms with Crippen molar-refractivity contribution in [3.05, 3.63) is 34.9 Å². The molecule has 2 atom stereocenters. The van der Waals surface area contributed by atoms with Crippen LogP contribution in [0.1, 0.15) is 36.5 Å². The molecular weight excluding hydrogens is 220 g/mol. The first-order chi connectivity index (χ1) is 8.56. The van der Waals surface area contributed by atoms with Crippen LogP contribution in [0.5, 0.6) is 0 Å². The van der Waals surface area contributed by atoms with Crippen molar-refractivity contribution in [2.45, 2.75) is 46.2 Å². The van der Waals surface area contributed by atoms with Crippen LogP contribution in [-0.2, 0) is 6.54 Å². The van der Waals surface area contributed by atoms with E-state index in [1.807, 2.05) is 0 Å². The summed E-state index contributed by atoms with van der Waals surface area (Å²) < 4.78 is 0. The monoisotopic (exact) mass is 246 g/mol. The molecule has 1 aromatic carbocycles. The van der Waals surface area contributed by atoms with Crippen LogP contribution in [0.4, 0.5) is 0 Å². The van der Waals surface area contributed by atoms with E-state index < -0.39 is 0 Å². The van der Waals surface area contributed by atoms with Gasteiger partial charge in [-0.2, -0.15) is 0 Å². The lowest BCUT2D eigenvalue weighted by Crippen LogP contribution is -2.42. The van der Waals surface area contributed by atoms with E-state index in [1.54, 1.807) is 0 Å². The second-order valence-electron chi connectivity index (χ2n) is 5.93. The molecule has 0 aromatic heterocycles. The molecule has 2 rings (SSSR count). The molecule has 1 aliphatic heterocycles. The molecule has 2 N–H and O–H groups in total. The average molecular weight is 246 g/mol. The smallest absolute Gasteiger partial charge is 0.0236 e. The van der Waals surface area contributed by atoms with Crippen LogP contribution in [0.15, 0.2) is 18.2 Å². The third kappa shape index (κ3) is 3.33. The van der Waals surface area contributed by atoms with E-state index in [-0.39, 0.29) is 0 Å². The molecule has 1 aromatic rings. The number of nitrogens with two attached hydrogens (primary N) is 1. The molecule has 1 fully saturated rings. The molecule has 1 heterocycles. The van der Waals surface area contributed by atoms with Crippen molar-refractivity contribution >= 4 is 0 Å². The first-order valence-corrected chi connectivity index (χ1v) is 7.10. The van der Waals surface area contributed by atoms with Crippen molar-refractivity contribution in [2.24, 2.45) is 11.7 Å². The maximum atomic E-state index is 6.05.